The number of benzene rings is 1. The number of aliphatic hydroxyl groups excluding tert-OH is 1. The van der Waals surface area contributed by atoms with E-state index in [-0.39, 0.29) is 0 Å². The molecule has 1 nitrogen and oxygen atoms in total. The first-order chi connectivity index (χ1) is 6.52. The highest BCUT2D eigenvalue weighted by molar-refractivity contribution is 6.31. The van der Waals surface area contributed by atoms with Gasteiger partial charge in [0.2, 0.25) is 0 Å². The minimum Gasteiger partial charge on any atom is -0.388 e. The van der Waals surface area contributed by atoms with Crippen molar-refractivity contribution < 1.29 is 5.11 Å². The van der Waals surface area contributed by atoms with Crippen LogP contribution < -0.4 is 0 Å². The first-order valence-corrected chi connectivity index (χ1v) is 5.33. The maximum absolute atomic E-state index is 9.94. The fourth-order valence-corrected chi connectivity index (χ4v) is 1.74. The van der Waals surface area contributed by atoms with Crippen LogP contribution in [-0.4, -0.2) is 5.11 Å². The van der Waals surface area contributed by atoms with Gasteiger partial charge >= 0.3 is 0 Å². The van der Waals surface area contributed by atoms with Crippen LogP contribution >= 0.6 is 11.6 Å². The summed E-state index contributed by atoms with van der Waals surface area (Å²) in [7, 11) is 0. The molecule has 0 aliphatic carbocycles. The predicted molar refractivity (Wildman–Crippen MR) is 60.6 cm³/mol. The molecule has 1 N–H and O–H groups in total. The van der Waals surface area contributed by atoms with Gasteiger partial charge < -0.3 is 5.11 Å². The largest absolute Gasteiger partial charge is 0.388 e. The topological polar surface area (TPSA) is 20.2 Å². The van der Waals surface area contributed by atoms with Gasteiger partial charge in [-0.1, -0.05) is 37.6 Å². The summed E-state index contributed by atoms with van der Waals surface area (Å²) in [6.45, 7) is 6.15. The number of halogens is 1. The van der Waals surface area contributed by atoms with E-state index in [1.807, 2.05) is 25.1 Å². The summed E-state index contributed by atoms with van der Waals surface area (Å²) in [5, 5.41) is 10.7. The molecular weight excluding hydrogens is 196 g/mol. The van der Waals surface area contributed by atoms with Gasteiger partial charge in [-0.15, -0.1) is 0 Å². The van der Waals surface area contributed by atoms with Crippen molar-refractivity contribution in [3.05, 3.63) is 34.3 Å². The van der Waals surface area contributed by atoms with Crippen LogP contribution in [0.3, 0.4) is 0 Å². The lowest BCUT2D eigenvalue weighted by Crippen LogP contribution is -2.03. The zero-order valence-corrected chi connectivity index (χ0v) is 9.67. The van der Waals surface area contributed by atoms with Crippen LogP contribution in [0.1, 0.15) is 37.5 Å². The van der Waals surface area contributed by atoms with Crippen LogP contribution in [0.15, 0.2) is 18.2 Å². The van der Waals surface area contributed by atoms with Gasteiger partial charge in [-0.3, -0.25) is 0 Å². The summed E-state index contributed by atoms with van der Waals surface area (Å²) in [5.41, 5.74) is 1.94. The van der Waals surface area contributed by atoms with Crippen molar-refractivity contribution in [2.24, 2.45) is 5.92 Å². The average molecular weight is 213 g/mol. The maximum Gasteiger partial charge on any atom is 0.0795 e. The molecule has 1 aromatic rings. The van der Waals surface area contributed by atoms with Crippen molar-refractivity contribution in [2.75, 3.05) is 0 Å². The van der Waals surface area contributed by atoms with E-state index in [4.69, 9.17) is 11.6 Å². The number of aliphatic hydroxyl groups is 1. The Balaban J connectivity index is 2.89. The summed E-state index contributed by atoms with van der Waals surface area (Å²) < 4.78 is 0. The molecule has 0 aromatic heterocycles. The average Bonchev–Trinajstić information content (AvgIpc) is 2.08. The van der Waals surface area contributed by atoms with Crippen LogP contribution in [0, 0.1) is 12.8 Å². The van der Waals surface area contributed by atoms with Gasteiger partial charge in [0, 0.05) is 5.02 Å². The molecule has 0 saturated heterocycles. The fourth-order valence-electron chi connectivity index (χ4n) is 1.56. The quantitative estimate of drug-likeness (QED) is 0.810. The minimum absolute atomic E-state index is 0.395. The van der Waals surface area contributed by atoms with Crippen LogP contribution in [0.2, 0.25) is 5.02 Å². The SMILES string of the molecule is Cc1c(Cl)cccc1C(O)CC(C)C. The Kier molecular flexibility index (Phi) is 3.97. The predicted octanol–water partition coefficient (Wildman–Crippen LogP) is 3.73. The van der Waals surface area contributed by atoms with E-state index in [2.05, 4.69) is 13.8 Å². The normalized spacial score (nSPS) is 13.3. The molecule has 0 amide bonds. The lowest BCUT2D eigenvalue weighted by molar-refractivity contribution is 0.150. The fraction of sp³-hybridized carbons (Fsp3) is 0.500. The molecule has 0 radical (unpaired) electrons. The molecule has 1 aromatic carbocycles. The molecule has 2 heteroatoms. The Morgan fingerprint density at radius 1 is 1.36 bits per heavy atom. The van der Waals surface area contributed by atoms with E-state index < -0.39 is 6.10 Å². The molecule has 0 spiro atoms. The maximum atomic E-state index is 9.94. The van der Waals surface area contributed by atoms with Crippen LogP contribution in [0.4, 0.5) is 0 Å². The summed E-state index contributed by atoms with van der Waals surface area (Å²) in [6, 6.07) is 5.67. The highest BCUT2D eigenvalue weighted by Gasteiger charge is 2.13. The van der Waals surface area contributed by atoms with Gasteiger partial charge in [0.25, 0.3) is 0 Å². The summed E-state index contributed by atoms with van der Waals surface area (Å²) >= 11 is 5.98. The van der Waals surface area contributed by atoms with E-state index >= 15 is 0 Å². The highest BCUT2D eigenvalue weighted by Crippen LogP contribution is 2.27. The molecule has 1 unspecified atom stereocenters. The molecule has 0 aliphatic heterocycles. The molecule has 1 atom stereocenters. The molecule has 14 heavy (non-hydrogen) atoms. The Labute approximate surface area is 90.7 Å². The van der Waals surface area contributed by atoms with Gasteiger partial charge in [0.1, 0.15) is 0 Å². The minimum atomic E-state index is -0.395. The number of rotatable bonds is 3. The van der Waals surface area contributed by atoms with E-state index in [0.29, 0.717) is 5.92 Å². The third kappa shape index (κ3) is 2.73. The van der Waals surface area contributed by atoms with E-state index in [0.717, 1.165) is 22.6 Å². The van der Waals surface area contributed by atoms with Gasteiger partial charge in [-0.05, 0) is 36.5 Å². The van der Waals surface area contributed by atoms with Crippen LogP contribution in [0.5, 0.6) is 0 Å². The van der Waals surface area contributed by atoms with E-state index in [9.17, 15) is 5.11 Å². The van der Waals surface area contributed by atoms with Crippen LogP contribution in [-0.2, 0) is 0 Å². The van der Waals surface area contributed by atoms with Crippen molar-refractivity contribution in [2.45, 2.75) is 33.3 Å². The molecule has 0 bridgehead atoms. The Morgan fingerprint density at radius 2 is 2.00 bits per heavy atom. The molecule has 0 aliphatic rings. The molecule has 78 valence electrons. The van der Waals surface area contributed by atoms with Crippen molar-refractivity contribution in [3.63, 3.8) is 0 Å². The molecule has 0 heterocycles. The van der Waals surface area contributed by atoms with Crippen molar-refractivity contribution in [3.8, 4) is 0 Å². The van der Waals surface area contributed by atoms with Gasteiger partial charge in [-0.25, -0.2) is 0 Å². The number of hydrogen-bond acceptors (Lipinski definition) is 1. The number of hydrogen-bond donors (Lipinski definition) is 1. The second-order valence-corrected chi connectivity index (χ2v) is 4.51. The second kappa shape index (κ2) is 4.81. The van der Waals surface area contributed by atoms with Gasteiger partial charge in [-0.2, -0.15) is 0 Å². The third-order valence-corrected chi connectivity index (χ3v) is 2.77. The lowest BCUT2D eigenvalue weighted by Gasteiger charge is -2.16. The summed E-state index contributed by atoms with van der Waals surface area (Å²) in [5.74, 6) is 0.489. The zero-order valence-electron chi connectivity index (χ0n) is 8.92. The van der Waals surface area contributed by atoms with E-state index in [1.165, 1.54) is 0 Å². The second-order valence-electron chi connectivity index (χ2n) is 4.10. The van der Waals surface area contributed by atoms with Gasteiger partial charge in [0.15, 0.2) is 0 Å². The summed E-state index contributed by atoms with van der Waals surface area (Å²) in [6.07, 6.45) is 0.384. The smallest absolute Gasteiger partial charge is 0.0795 e. The molecule has 1 rings (SSSR count). The lowest BCUT2D eigenvalue weighted by atomic mass is 9.96. The first-order valence-electron chi connectivity index (χ1n) is 4.95. The Morgan fingerprint density at radius 3 is 2.57 bits per heavy atom. The Bertz CT molecular complexity index is 307. The summed E-state index contributed by atoms with van der Waals surface area (Å²) in [4.78, 5) is 0. The molecular formula is C12H17ClO. The molecule has 0 fully saturated rings. The highest BCUT2D eigenvalue weighted by atomic mass is 35.5. The van der Waals surface area contributed by atoms with Crippen molar-refractivity contribution >= 4 is 11.6 Å². The van der Waals surface area contributed by atoms with E-state index in [1.54, 1.807) is 0 Å². The van der Waals surface area contributed by atoms with Crippen molar-refractivity contribution in [1.29, 1.82) is 0 Å². The van der Waals surface area contributed by atoms with Gasteiger partial charge in [0.05, 0.1) is 6.10 Å². The standard InChI is InChI=1S/C12H17ClO/c1-8(2)7-12(14)10-5-4-6-11(13)9(10)3/h4-6,8,12,14H,7H2,1-3H3. The van der Waals surface area contributed by atoms with Crippen molar-refractivity contribution in [1.82, 2.24) is 0 Å². The zero-order chi connectivity index (χ0) is 10.7. The first kappa shape index (κ1) is 11.5. The monoisotopic (exact) mass is 212 g/mol. The third-order valence-electron chi connectivity index (χ3n) is 2.36. The van der Waals surface area contributed by atoms with Crippen LogP contribution in [0.25, 0.3) is 0 Å². The molecule has 0 saturated carbocycles. The Hall–Kier alpha value is -0.530.